The Kier molecular flexibility index (Phi) is 6.50. The minimum absolute atomic E-state index is 0.167. The van der Waals surface area contributed by atoms with Crippen molar-refractivity contribution < 1.29 is 33.9 Å². The molecule has 0 spiro atoms. The number of carbonyl (C=O) groups is 4. The van der Waals surface area contributed by atoms with E-state index in [0.29, 0.717) is 5.57 Å². The van der Waals surface area contributed by atoms with Crippen LogP contribution < -0.4 is 11.1 Å². The maximum absolute atomic E-state index is 12.7. The Balaban J connectivity index is 1.82. The predicted molar refractivity (Wildman–Crippen MR) is 111 cm³/mol. The van der Waals surface area contributed by atoms with Gasteiger partial charge in [-0.25, -0.2) is 9.78 Å². The first-order valence-electron chi connectivity index (χ1n) is 8.87. The van der Waals surface area contributed by atoms with Crippen LogP contribution in [0.4, 0.5) is 5.13 Å². The minimum atomic E-state index is -1.32. The summed E-state index contributed by atoms with van der Waals surface area (Å²) in [5.74, 6) is -3.21. The first-order chi connectivity index (χ1) is 14.6. The molecule has 31 heavy (non-hydrogen) atoms. The first-order valence-corrected chi connectivity index (χ1v) is 10.7. The third-order valence-electron chi connectivity index (χ3n) is 4.50. The average Bonchev–Trinajstić information content (AvgIpc) is 3.13. The largest absolute Gasteiger partial charge is 0.477 e. The number of nitrogen functional groups attached to an aromatic ring is 1. The number of nitrogens with two attached hydrogens (primary N) is 1. The normalized spacial score (nSPS) is 23.1. The molecular weight excluding hydrogens is 450 g/mol. The Morgan fingerprint density at radius 2 is 2.13 bits per heavy atom. The third kappa shape index (κ3) is 4.34. The van der Waals surface area contributed by atoms with Crippen molar-refractivity contribution in [3.8, 4) is 0 Å². The molecule has 2 aliphatic rings. The van der Waals surface area contributed by atoms with Crippen LogP contribution in [0.3, 0.4) is 0 Å². The van der Waals surface area contributed by atoms with E-state index in [1.165, 1.54) is 31.2 Å². The average molecular weight is 470 g/mol. The molecule has 0 radical (unpaired) electrons. The zero-order chi connectivity index (χ0) is 22.9. The number of fused-ring (bicyclic) bond motifs is 1. The zero-order valence-electron chi connectivity index (χ0n) is 16.6. The Morgan fingerprint density at radius 1 is 1.42 bits per heavy atom. The minimum Gasteiger partial charge on any atom is -0.477 e. The Labute approximate surface area is 184 Å². The van der Waals surface area contributed by atoms with Gasteiger partial charge >= 0.3 is 11.9 Å². The second-order valence-electron chi connectivity index (χ2n) is 6.48. The summed E-state index contributed by atoms with van der Waals surface area (Å²) >= 11 is 2.38. The van der Waals surface area contributed by atoms with Gasteiger partial charge in [0, 0.05) is 23.1 Å². The van der Waals surface area contributed by atoms with Crippen molar-refractivity contribution in [3.63, 3.8) is 0 Å². The monoisotopic (exact) mass is 469 g/mol. The number of esters is 1. The van der Waals surface area contributed by atoms with Gasteiger partial charge in [-0.05, 0) is 6.92 Å². The van der Waals surface area contributed by atoms with Crippen LogP contribution in [0.1, 0.15) is 19.5 Å². The van der Waals surface area contributed by atoms with E-state index in [1.54, 1.807) is 6.92 Å². The molecule has 1 aromatic heterocycles. The molecule has 1 aromatic rings. The number of hydrogen-bond donors (Lipinski definition) is 3. The molecule has 1 unspecified atom stereocenters. The number of amides is 2. The Hall–Kier alpha value is -3.13. The van der Waals surface area contributed by atoms with E-state index in [2.05, 4.69) is 15.5 Å². The highest BCUT2D eigenvalue weighted by atomic mass is 32.2. The lowest BCUT2D eigenvalue weighted by Gasteiger charge is -2.50. The summed E-state index contributed by atoms with van der Waals surface area (Å²) in [6, 6.07) is -0.984. The molecule has 0 saturated carbocycles. The Morgan fingerprint density at radius 3 is 2.68 bits per heavy atom. The molecule has 0 aromatic carbocycles. The van der Waals surface area contributed by atoms with Crippen LogP contribution in [0.5, 0.6) is 0 Å². The number of carboxylic acid groups (broad SMARTS) is 1. The van der Waals surface area contributed by atoms with Crippen molar-refractivity contribution in [1.29, 1.82) is 0 Å². The Bertz CT molecular complexity index is 1000. The number of carbonyl (C=O) groups excluding carboxylic acids is 3. The number of nitrogens with zero attached hydrogens (tertiary/aromatic N) is 3. The van der Waals surface area contributed by atoms with E-state index < -0.39 is 35.2 Å². The van der Waals surface area contributed by atoms with Crippen molar-refractivity contribution in [2.24, 2.45) is 5.16 Å². The number of aromatic nitrogens is 1. The number of carboxylic acids is 1. The summed E-state index contributed by atoms with van der Waals surface area (Å²) in [7, 11) is 1.26. The molecule has 12 nitrogen and oxygen atoms in total. The first kappa shape index (κ1) is 22.6. The molecule has 166 valence electrons. The summed E-state index contributed by atoms with van der Waals surface area (Å²) in [4.78, 5) is 58.3. The number of hydrogen-bond acceptors (Lipinski definition) is 11. The maximum Gasteiger partial charge on any atom is 0.352 e. The number of thiazole rings is 1. The molecule has 3 heterocycles. The number of rotatable bonds is 7. The summed E-state index contributed by atoms with van der Waals surface area (Å²) in [5, 5.41) is 16.6. The van der Waals surface area contributed by atoms with Crippen LogP contribution >= 0.6 is 23.1 Å². The molecule has 0 bridgehead atoms. The second-order valence-corrected chi connectivity index (χ2v) is 8.83. The van der Waals surface area contributed by atoms with Crippen LogP contribution in [0, 0.1) is 0 Å². The van der Waals surface area contributed by atoms with Crippen LogP contribution in [0.2, 0.25) is 0 Å². The quantitative estimate of drug-likeness (QED) is 0.209. The lowest BCUT2D eigenvalue weighted by atomic mass is 10.0. The fourth-order valence-corrected chi connectivity index (χ4v) is 5.10. The van der Waals surface area contributed by atoms with Gasteiger partial charge in [0.2, 0.25) is 0 Å². The van der Waals surface area contributed by atoms with E-state index in [0.717, 1.165) is 16.2 Å². The van der Waals surface area contributed by atoms with Crippen LogP contribution in [-0.4, -0.2) is 74.8 Å². The number of aliphatic carboxylic acids is 1. The number of nitrogens with one attached hydrogen (secondary N) is 1. The molecule has 0 aliphatic carbocycles. The van der Waals surface area contributed by atoms with Crippen molar-refractivity contribution in [2.75, 3.05) is 19.5 Å². The van der Waals surface area contributed by atoms with Gasteiger partial charge in [-0.2, -0.15) is 0 Å². The van der Waals surface area contributed by atoms with Crippen molar-refractivity contribution >= 4 is 57.7 Å². The SMILES string of the molecule is CON=C(C(=O)NC1C(=O)N2C(C(=O)O)=C(COC(C)=O)[C@H](C)S[C@@H]12)c1csc(N)n1. The van der Waals surface area contributed by atoms with Crippen molar-refractivity contribution in [1.82, 2.24) is 15.2 Å². The highest BCUT2D eigenvalue weighted by molar-refractivity contribution is 8.00. The van der Waals surface area contributed by atoms with E-state index in [4.69, 9.17) is 15.3 Å². The molecule has 2 aliphatic heterocycles. The molecule has 3 rings (SSSR count). The third-order valence-corrected chi connectivity index (χ3v) is 6.63. The van der Waals surface area contributed by atoms with Gasteiger partial charge in [-0.3, -0.25) is 19.3 Å². The molecular formula is C17H19N5O7S2. The molecule has 14 heteroatoms. The van der Waals surface area contributed by atoms with Gasteiger partial charge in [0.05, 0.1) is 0 Å². The fraction of sp³-hybridized carbons (Fsp3) is 0.412. The van der Waals surface area contributed by atoms with Crippen LogP contribution in [-0.2, 0) is 28.8 Å². The van der Waals surface area contributed by atoms with Gasteiger partial charge in [-0.1, -0.05) is 5.16 Å². The summed E-state index contributed by atoms with van der Waals surface area (Å²) in [5.41, 5.74) is 5.68. The van der Waals surface area contributed by atoms with E-state index in [9.17, 15) is 24.3 Å². The number of thioether (sulfide) groups is 1. The van der Waals surface area contributed by atoms with Crippen LogP contribution in [0.25, 0.3) is 0 Å². The second kappa shape index (κ2) is 8.93. The highest BCUT2D eigenvalue weighted by Crippen LogP contribution is 2.44. The van der Waals surface area contributed by atoms with Crippen molar-refractivity contribution in [2.45, 2.75) is 30.5 Å². The maximum atomic E-state index is 12.7. The van der Waals surface area contributed by atoms with Gasteiger partial charge in [0.25, 0.3) is 11.8 Å². The summed E-state index contributed by atoms with van der Waals surface area (Å²) < 4.78 is 4.95. The number of anilines is 1. The topological polar surface area (TPSA) is 174 Å². The highest BCUT2D eigenvalue weighted by Gasteiger charge is 2.56. The van der Waals surface area contributed by atoms with Crippen LogP contribution in [0.15, 0.2) is 21.8 Å². The molecule has 3 atom stereocenters. The summed E-state index contributed by atoms with van der Waals surface area (Å²) in [6.07, 6.45) is 0. The van der Waals surface area contributed by atoms with E-state index >= 15 is 0 Å². The van der Waals surface area contributed by atoms with Crippen molar-refractivity contribution in [3.05, 3.63) is 22.3 Å². The molecule has 2 amide bonds. The molecule has 4 N–H and O–H groups in total. The van der Waals surface area contributed by atoms with Gasteiger partial charge in [0.15, 0.2) is 10.8 Å². The number of ether oxygens (including phenoxy) is 1. The lowest BCUT2D eigenvalue weighted by Crippen LogP contribution is -2.71. The standard InChI is InChI=1S/C17H19N5O7S2/c1-6-8(4-29-7(2)23)12(16(26)27)22-14(25)11(15(22)31-6)20-13(24)10(21-28-3)9-5-30-17(18)19-9/h5-6,11,15H,4H2,1-3H3,(H2,18,19)(H,20,24)(H,26,27)/t6-,11?,15-/m0/s1. The van der Waals surface area contributed by atoms with Gasteiger partial charge < -0.3 is 25.7 Å². The predicted octanol–water partition coefficient (Wildman–Crippen LogP) is -0.234. The molecule has 1 saturated heterocycles. The number of oxime groups is 1. The van der Waals surface area contributed by atoms with E-state index in [-0.39, 0.29) is 34.1 Å². The van der Waals surface area contributed by atoms with E-state index in [1.807, 2.05) is 0 Å². The summed E-state index contributed by atoms with van der Waals surface area (Å²) in [6.45, 7) is 2.70. The lowest BCUT2D eigenvalue weighted by molar-refractivity contribution is -0.150. The molecule has 1 fully saturated rings. The zero-order valence-corrected chi connectivity index (χ0v) is 18.3. The van der Waals surface area contributed by atoms with Gasteiger partial charge in [-0.15, -0.1) is 23.1 Å². The smallest absolute Gasteiger partial charge is 0.352 e. The number of β-lactam (4-membered cyclic amide) rings is 1. The fourth-order valence-electron chi connectivity index (χ4n) is 3.12. The van der Waals surface area contributed by atoms with Gasteiger partial charge in [0.1, 0.15) is 36.5 Å².